The van der Waals surface area contributed by atoms with E-state index in [4.69, 9.17) is 0 Å². The molecule has 26 heavy (non-hydrogen) atoms. The number of benzene rings is 1. The molecule has 0 amide bonds. The normalized spacial score (nSPS) is 11.8. The van der Waals surface area contributed by atoms with Crippen molar-refractivity contribution in [3.8, 4) is 0 Å². The highest BCUT2D eigenvalue weighted by atomic mass is 32.2. The smallest absolute Gasteiger partial charge is 0.263 e. The number of fused-ring (bicyclic) bond motifs is 1. The summed E-state index contributed by atoms with van der Waals surface area (Å²) in [6, 6.07) is 8.60. The highest BCUT2D eigenvalue weighted by molar-refractivity contribution is 7.98. The van der Waals surface area contributed by atoms with Gasteiger partial charge in [-0.3, -0.25) is 9.78 Å². The molecule has 0 atom stereocenters. The van der Waals surface area contributed by atoms with Crippen LogP contribution in [0.2, 0.25) is 0 Å². The van der Waals surface area contributed by atoms with Gasteiger partial charge in [0.05, 0.1) is 11.7 Å². The minimum Gasteiger partial charge on any atom is -0.355 e. The lowest BCUT2D eigenvalue weighted by molar-refractivity contribution is 0.366. The number of rotatable bonds is 6. The molecule has 7 heteroatoms. The van der Waals surface area contributed by atoms with E-state index in [1.165, 1.54) is 11.1 Å². The Bertz CT molecular complexity index is 937. The van der Waals surface area contributed by atoms with Gasteiger partial charge in [0.25, 0.3) is 5.56 Å². The minimum absolute atomic E-state index is 0.166. The third-order valence-electron chi connectivity index (χ3n) is 4.00. The van der Waals surface area contributed by atoms with Crippen LogP contribution in [0.1, 0.15) is 31.9 Å². The van der Waals surface area contributed by atoms with E-state index in [0.29, 0.717) is 17.0 Å². The third-order valence-corrected chi connectivity index (χ3v) is 5.03. The maximum atomic E-state index is 12.2. The first kappa shape index (κ1) is 18.5. The average molecular weight is 372 g/mol. The van der Waals surface area contributed by atoms with Crippen LogP contribution in [0.15, 0.2) is 35.3 Å². The molecular formula is C19H25N5OS. The molecule has 3 rings (SSSR count). The first-order chi connectivity index (χ1) is 12.3. The van der Waals surface area contributed by atoms with Crippen molar-refractivity contribution < 1.29 is 0 Å². The van der Waals surface area contributed by atoms with Crippen molar-refractivity contribution >= 4 is 28.7 Å². The number of nitrogens with zero attached hydrogens (tertiary/aromatic N) is 3. The summed E-state index contributed by atoms with van der Waals surface area (Å²) in [6.07, 6.45) is 1.58. The molecule has 0 saturated heterocycles. The summed E-state index contributed by atoms with van der Waals surface area (Å²) in [6.45, 7) is 8.94. The molecule has 2 aromatic heterocycles. The largest absolute Gasteiger partial charge is 0.355 e. The number of aryl methyl sites for hydroxylation is 1. The first-order valence-electron chi connectivity index (χ1n) is 8.70. The van der Waals surface area contributed by atoms with Gasteiger partial charge in [0, 0.05) is 18.1 Å². The van der Waals surface area contributed by atoms with Crippen molar-refractivity contribution in [2.45, 2.75) is 39.0 Å². The highest BCUT2D eigenvalue weighted by Crippen LogP contribution is 2.19. The number of hydrogen-bond acceptors (Lipinski definition) is 5. The van der Waals surface area contributed by atoms with Gasteiger partial charge in [0.2, 0.25) is 5.95 Å². The van der Waals surface area contributed by atoms with Crippen molar-refractivity contribution in [2.24, 2.45) is 0 Å². The zero-order chi connectivity index (χ0) is 18.7. The van der Waals surface area contributed by atoms with Crippen LogP contribution in [0.3, 0.4) is 0 Å². The number of anilines is 1. The zero-order valence-corrected chi connectivity index (χ0v) is 16.5. The Hall–Kier alpha value is -2.28. The van der Waals surface area contributed by atoms with E-state index >= 15 is 0 Å². The van der Waals surface area contributed by atoms with Gasteiger partial charge in [0.15, 0.2) is 5.65 Å². The maximum absolute atomic E-state index is 12.2. The van der Waals surface area contributed by atoms with Crippen LogP contribution in [0.25, 0.3) is 11.0 Å². The number of nitrogens with one attached hydrogen (secondary N) is 2. The Labute approximate surface area is 157 Å². The summed E-state index contributed by atoms with van der Waals surface area (Å²) in [4.78, 5) is 19.6. The molecule has 0 aliphatic carbocycles. The number of hydrogen-bond donors (Lipinski definition) is 2. The van der Waals surface area contributed by atoms with Gasteiger partial charge in [-0.25, -0.2) is 4.68 Å². The lowest BCUT2D eigenvalue weighted by Crippen LogP contribution is -2.24. The van der Waals surface area contributed by atoms with E-state index in [-0.39, 0.29) is 11.1 Å². The predicted octanol–water partition coefficient (Wildman–Crippen LogP) is 3.53. The molecule has 2 N–H and O–H groups in total. The molecule has 0 aliphatic rings. The fourth-order valence-electron chi connectivity index (χ4n) is 2.61. The Morgan fingerprint density at radius 3 is 2.65 bits per heavy atom. The van der Waals surface area contributed by atoms with Crippen LogP contribution in [-0.4, -0.2) is 32.0 Å². The Morgan fingerprint density at radius 1 is 1.23 bits per heavy atom. The average Bonchev–Trinajstić information content (AvgIpc) is 3.01. The zero-order valence-electron chi connectivity index (χ0n) is 15.7. The Morgan fingerprint density at radius 2 is 1.96 bits per heavy atom. The van der Waals surface area contributed by atoms with Gasteiger partial charge in [0.1, 0.15) is 5.39 Å². The molecule has 0 saturated carbocycles. The second-order valence-corrected chi connectivity index (χ2v) is 8.45. The van der Waals surface area contributed by atoms with Gasteiger partial charge >= 0.3 is 0 Å². The van der Waals surface area contributed by atoms with Crippen molar-refractivity contribution in [3.05, 3.63) is 51.9 Å². The fourth-order valence-corrected chi connectivity index (χ4v) is 3.43. The van der Waals surface area contributed by atoms with Crippen LogP contribution in [0, 0.1) is 6.92 Å². The molecule has 0 unspecified atom stereocenters. The van der Waals surface area contributed by atoms with Crippen molar-refractivity contribution in [2.75, 3.05) is 17.6 Å². The minimum atomic E-state index is -0.232. The summed E-state index contributed by atoms with van der Waals surface area (Å²) in [5, 5.41) is 8.05. The number of aromatic amines is 1. The number of thioether (sulfide) groups is 1. The third kappa shape index (κ3) is 4.27. The van der Waals surface area contributed by atoms with E-state index in [2.05, 4.69) is 51.6 Å². The van der Waals surface area contributed by atoms with E-state index in [9.17, 15) is 4.79 Å². The van der Waals surface area contributed by atoms with E-state index in [1.807, 2.05) is 32.5 Å². The van der Waals surface area contributed by atoms with Crippen LogP contribution in [0.5, 0.6) is 0 Å². The Balaban J connectivity index is 1.60. The van der Waals surface area contributed by atoms with Crippen LogP contribution in [0.4, 0.5) is 5.95 Å². The maximum Gasteiger partial charge on any atom is 0.263 e. The molecular weight excluding hydrogens is 346 g/mol. The molecule has 1 aromatic carbocycles. The van der Waals surface area contributed by atoms with Crippen molar-refractivity contribution in [3.63, 3.8) is 0 Å². The van der Waals surface area contributed by atoms with Crippen LogP contribution < -0.4 is 10.9 Å². The number of aromatic nitrogens is 4. The Kier molecular flexibility index (Phi) is 5.36. The highest BCUT2D eigenvalue weighted by Gasteiger charge is 2.19. The molecule has 0 aliphatic heterocycles. The van der Waals surface area contributed by atoms with E-state index < -0.39 is 0 Å². The molecule has 0 spiro atoms. The molecule has 138 valence electrons. The topological polar surface area (TPSA) is 75.6 Å². The van der Waals surface area contributed by atoms with Gasteiger partial charge in [-0.05, 0) is 33.3 Å². The lowest BCUT2D eigenvalue weighted by atomic mass is 10.1. The molecule has 0 radical (unpaired) electrons. The molecule has 6 nitrogen and oxygen atoms in total. The predicted molar refractivity (Wildman–Crippen MR) is 109 cm³/mol. The summed E-state index contributed by atoms with van der Waals surface area (Å²) >= 11 is 1.85. The van der Waals surface area contributed by atoms with Gasteiger partial charge in [-0.1, -0.05) is 29.8 Å². The van der Waals surface area contributed by atoms with Gasteiger partial charge in [-0.15, -0.1) is 0 Å². The summed E-state index contributed by atoms with van der Waals surface area (Å²) in [5.74, 6) is 2.39. The van der Waals surface area contributed by atoms with Crippen molar-refractivity contribution in [1.82, 2.24) is 19.7 Å². The standard InChI is InChI=1S/C19H25N5OS/c1-13-5-7-14(8-6-13)12-26-10-9-20-18-22-16-15(17(25)23-18)11-21-24(16)19(2,3)4/h5-8,11H,9-10,12H2,1-4H3,(H2,20,22,23,25). The first-order valence-corrected chi connectivity index (χ1v) is 9.86. The SMILES string of the molecule is Cc1ccc(CSCCNc2nc3c(cnn3C(C)(C)C)c(=O)[nH]2)cc1. The monoisotopic (exact) mass is 371 g/mol. The van der Waals surface area contributed by atoms with Gasteiger partial charge in [-0.2, -0.15) is 21.8 Å². The van der Waals surface area contributed by atoms with Crippen LogP contribution in [-0.2, 0) is 11.3 Å². The molecule has 0 fully saturated rings. The fraction of sp³-hybridized carbons (Fsp3) is 0.421. The van der Waals surface area contributed by atoms with Crippen LogP contribution >= 0.6 is 11.8 Å². The number of H-pyrrole nitrogens is 1. The quantitative estimate of drug-likeness (QED) is 0.648. The second kappa shape index (κ2) is 7.53. The van der Waals surface area contributed by atoms with E-state index in [1.54, 1.807) is 10.9 Å². The molecule has 0 bridgehead atoms. The second-order valence-electron chi connectivity index (χ2n) is 7.34. The summed E-state index contributed by atoms with van der Waals surface area (Å²) in [7, 11) is 0. The molecule has 2 heterocycles. The summed E-state index contributed by atoms with van der Waals surface area (Å²) in [5.41, 5.74) is 2.81. The summed E-state index contributed by atoms with van der Waals surface area (Å²) < 4.78 is 1.79. The lowest BCUT2D eigenvalue weighted by Gasteiger charge is -2.19. The van der Waals surface area contributed by atoms with Gasteiger partial charge < -0.3 is 5.32 Å². The van der Waals surface area contributed by atoms with Crippen molar-refractivity contribution in [1.29, 1.82) is 0 Å². The molecule has 3 aromatic rings. The van der Waals surface area contributed by atoms with E-state index in [0.717, 1.165) is 18.1 Å².